The van der Waals surface area contributed by atoms with E-state index in [9.17, 15) is 4.79 Å². The van der Waals surface area contributed by atoms with Gasteiger partial charge in [0.2, 0.25) is 0 Å². The van der Waals surface area contributed by atoms with E-state index in [4.69, 9.17) is 11.6 Å². The number of carbonyl (C=O) groups excluding carboxylic acids is 1. The molecule has 0 atom stereocenters. The molecule has 1 aliphatic rings. The second kappa shape index (κ2) is 6.50. The summed E-state index contributed by atoms with van der Waals surface area (Å²) in [6.07, 6.45) is 4.89. The van der Waals surface area contributed by atoms with Crippen LogP contribution in [0.1, 0.15) is 37.2 Å². The largest absolute Gasteiger partial charge is 0.337 e. The molecule has 0 aliphatic carbocycles. The molecule has 6 heteroatoms. The molecule has 1 aromatic heterocycles. The maximum Gasteiger partial charge on any atom is 0.274 e. The Hall–Kier alpha value is -1.20. The van der Waals surface area contributed by atoms with Gasteiger partial charge in [-0.3, -0.25) is 9.78 Å². The Labute approximate surface area is 124 Å². The number of likely N-dealkylation sites (tertiary alicyclic amines) is 1. The molecule has 1 saturated heterocycles. The molecule has 1 aliphatic heterocycles. The average Bonchev–Trinajstić information content (AvgIpc) is 2.46. The number of carbonyl (C=O) groups is 1. The van der Waals surface area contributed by atoms with E-state index in [-0.39, 0.29) is 17.1 Å². The van der Waals surface area contributed by atoms with E-state index >= 15 is 0 Å². The zero-order valence-electron chi connectivity index (χ0n) is 12.2. The number of halogens is 1. The lowest BCUT2D eigenvalue weighted by molar-refractivity contribution is 0.0609. The fraction of sp³-hybridized carbons (Fsp3) is 0.643. The Bertz CT molecular complexity index is 472. The molecule has 0 bridgehead atoms. The van der Waals surface area contributed by atoms with E-state index in [0.29, 0.717) is 11.7 Å². The van der Waals surface area contributed by atoms with Gasteiger partial charge >= 0.3 is 0 Å². The summed E-state index contributed by atoms with van der Waals surface area (Å²) in [6.45, 7) is 6.47. The van der Waals surface area contributed by atoms with Gasteiger partial charge in [-0.2, -0.15) is 0 Å². The number of nitrogens with zero attached hydrogens (tertiary/aromatic N) is 4. The summed E-state index contributed by atoms with van der Waals surface area (Å²) in [5.41, 5.74) is 0.311. The Balaban J connectivity index is 1.98. The van der Waals surface area contributed by atoms with Gasteiger partial charge in [0.15, 0.2) is 0 Å². The second-order valence-electron chi connectivity index (χ2n) is 5.50. The van der Waals surface area contributed by atoms with Gasteiger partial charge in [0.1, 0.15) is 10.8 Å². The minimum absolute atomic E-state index is 0.108. The first-order valence-electron chi connectivity index (χ1n) is 6.97. The van der Waals surface area contributed by atoms with Crippen molar-refractivity contribution in [1.82, 2.24) is 19.8 Å². The number of rotatable bonds is 3. The van der Waals surface area contributed by atoms with E-state index < -0.39 is 0 Å². The Kier molecular flexibility index (Phi) is 4.94. The molecule has 20 heavy (non-hydrogen) atoms. The molecule has 0 N–H and O–H groups in total. The number of aromatic nitrogens is 2. The molecule has 1 aromatic rings. The van der Waals surface area contributed by atoms with Gasteiger partial charge in [-0.05, 0) is 26.7 Å². The lowest BCUT2D eigenvalue weighted by Gasteiger charge is -2.38. The van der Waals surface area contributed by atoms with Crippen molar-refractivity contribution in [1.29, 1.82) is 0 Å². The first-order chi connectivity index (χ1) is 9.49. The van der Waals surface area contributed by atoms with Gasteiger partial charge in [-0.25, -0.2) is 4.98 Å². The van der Waals surface area contributed by atoms with E-state index in [1.54, 1.807) is 4.90 Å². The van der Waals surface area contributed by atoms with Crippen LogP contribution in [0.4, 0.5) is 0 Å². The van der Waals surface area contributed by atoms with Crippen molar-refractivity contribution in [2.24, 2.45) is 0 Å². The van der Waals surface area contributed by atoms with Crippen molar-refractivity contribution < 1.29 is 4.79 Å². The van der Waals surface area contributed by atoms with Crippen molar-refractivity contribution in [2.75, 3.05) is 20.1 Å². The van der Waals surface area contributed by atoms with Gasteiger partial charge in [0, 0.05) is 32.2 Å². The smallest absolute Gasteiger partial charge is 0.274 e. The Morgan fingerprint density at radius 3 is 2.60 bits per heavy atom. The third kappa shape index (κ3) is 3.46. The van der Waals surface area contributed by atoms with Crippen LogP contribution in [0.5, 0.6) is 0 Å². The number of hydrogen-bond donors (Lipinski definition) is 0. The maximum absolute atomic E-state index is 12.4. The number of amides is 1. The predicted octanol–water partition coefficient (Wildman–Crippen LogP) is 2.07. The molecule has 0 saturated carbocycles. The monoisotopic (exact) mass is 296 g/mol. The molecular weight excluding hydrogens is 276 g/mol. The SMILES string of the molecule is CC(C)N1CCC(N(C)C(=O)c2cncc(Cl)n2)CC1. The third-order valence-corrected chi connectivity index (χ3v) is 4.10. The summed E-state index contributed by atoms with van der Waals surface area (Å²) in [7, 11) is 1.83. The van der Waals surface area contributed by atoms with Gasteiger partial charge < -0.3 is 9.80 Å². The summed E-state index contributed by atoms with van der Waals surface area (Å²) in [6, 6.07) is 0.828. The van der Waals surface area contributed by atoms with E-state index in [1.807, 2.05) is 7.05 Å². The minimum Gasteiger partial charge on any atom is -0.337 e. The summed E-state index contributed by atoms with van der Waals surface area (Å²) in [5, 5.41) is 0.249. The molecule has 1 amide bonds. The highest BCUT2D eigenvalue weighted by molar-refractivity contribution is 6.29. The van der Waals surface area contributed by atoms with Gasteiger partial charge in [0.25, 0.3) is 5.91 Å². The highest BCUT2D eigenvalue weighted by Crippen LogP contribution is 2.18. The summed E-state index contributed by atoms with van der Waals surface area (Å²) >= 11 is 5.78. The van der Waals surface area contributed by atoms with Crippen molar-refractivity contribution in [3.63, 3.8) is 0 Å². The molecule has 110 valence electrons. The van der Waals surface area contributed by atoms with Gasteiger partial charge in [-0.15, -0.1) is 0 Å². The van der Waals surface area contributed by atoms with Crippen LogP contribution in [0.25, 0.3) is 0 Å². The Morgan fingerprint density at radius 1 is 1.40 bits per heavy atom. The first-order valence-corrected chi connectivity index (χ1v) is 7.35. The molecule has 2 heterocycles. The van der Waals surface area contributed by atoms with E-state index in [2.05, 4.69) is 28.7 Å². The van der Waals surface area contributed by atoms with Crippen LogP contribution in [-0.4, -0.2) is 57.9 Å². The van der Waals surface area contributed by atoms with Crippen LogP contribution in [0.2, 0.25) is 5.15 Å². The molecule has 5 nitrogen and oxygen atoms in total. The van der Waals surface area contributed by atoms with Crippen molar-refractivity contribution >= 4 is 17.5 Å². The second-order valence-corrected chi connectivity index (χ2v) is 5.89. The van der Waals surface area contributed by atoms with E-state index in [0.717, 1.165) is 25.9 Å². The van der Waals surface area contributed by atoms with Crippen molar-refractivity contribution in [3.05, 3.63) is 23.2 Å². The van der Waals surface area contributed by atoms with Crippen LogP contribution in [-0.2, 0) is 0 Å². The predicted molar refractivity (Wildman–Crippen MR) is 78.9 cm³/mol. The fourth-order valence-corrected chi connectivity index (χ4v) is 2.73. The molecule has 0 spiro atoms. The highest BCUT2D eigenvalue weighted by atomic mass is 35.5. The number of piperidine rings is 1. The van der Waals surface area contributed by atoms with Crippen LogP contribution < -0.4 is 0 Å². The summed E-state index contributed by atoms with van der Waals surface area (Å²) in [4.78, 5) is 24.5. The van der Waals surface area contributed by atoms with Crippen LogP contribution in [0, 0.1) is 0 Å². The zero-order valence-corrected chi connectivity index (χ0v) is 13.0. The molecule has 0 aromatic carbocycles. The maximum atomic E-state index is 12.4. The normalized spacial score (nSPS) is 17.4. The lowest BCUT2D eigenvalue weighted by atomic mass is 10.0. The third-order valence-electron chi connectivity index (χ3n) is 3.92. The molecule has 0 unspecified atom stereocenters. The minimum atomic E-state index is -0.108. The highest BCUT2D eigenvalue weighted by Gasteiger charge is 2.27. The lowest BCUT2D eigenvalue weighted by Crippen LogP contribution is -2.47. The summed E-state index contributed by atoms with van der Waals surface area (Å²) < 4.78 is 0. The standard InChI is InChI=1S/C14H21ClN4O/c1-10(2)19-6-4-11(5-7-19)18(3)14(20)12-8-16-9-13(15)17-12/h8-11H,4-7H2,1-3H3. The van der Waals surface area contributed by atoms with Crippen LogP contribution in [0.15, 0.2) is 12.4 Å². The van der Waals surface area contributed by atoms with E-state index in [1.165, 1.54) is 12.4 Å². The quantitative estimate of drug-likeness (QED) is 0.857. The van der Waals surface area contributed by atoms with Gasteiger partial charge in [-0.1, -0.05) is 11.6 Å². The van der Waals surface area contributed by atoms with Gasteiger partial charge in [0.05, 0.1) is 12.4 Å². The topological polar surface area (TPSA) is 49.3 Å². The summed E-state index contributed by atoms with van der Waals surface area (Å²) in [5.74, 6) is -0.108. The molecule has 1 fully saturated rings. The molecule has 2 rings (SSSR count). The number of hydrogen-bond acceptors (Lipinski definition) is 4. The molecular formula is C14H21ClN4O. The fourth-order valence-electron chi connectivity index (χ4n) is 2.58. The molecule has 0 radical (unpaired) electrons. The van der Waals surface area contributed by atoms with Crippen molar-refractivity contribution in [2.45, 2.75) is 38.8 Å². The zero-order chi connectivity index (χ0) is 14.7. The first kappa shape index (κ1) is 15.2. The average molecular weight is 297 g/mol. The van der Waals surface area contributed by atoms with Crippen LogP contribution >= 0.6 is 11.6 Å². The Morgan fingerprint density at radius 2 is 2.05 bits per heavy atom. The van der Waals surface area contributed by atoms with Crippen LogP contribution in [0.3, 0.4) is 0 Å². The van der Waals surface area contributed by atoms with Crippen molar-refractivity contribution in [3.8, 4) is 0 Å².